The molecule has 1 unspecified atom stereocenters. The van der Waals surface area contributed by atoms with Crippen LogP contribution in [0.15, 0.2) is 12.2 Å². The van der Waals surface area contributed by atoms with E-state index in [4.69, 9.17) is 29.4 Å². The molecule has 0 aromatic heterocycles. The Morgan fingerprint density at radius 1 is 0.806 bits per heavy atom. The molecular weight excluding hydrogens is 404 g/mol. The van der Waals surface area contributed by atoms with E-state index >= 15 is 0 Å². The fourth-order valence-corrected chi connectivity index (χ4v) is 3.82. The zero-order valence-corrected chi connectivity index (χ0v) is 18.4. The van der Waals surface area contributed by atoms with Gasteiger partial charge in [-0.1, -0.05) is 12.2 Å². The van der Waals surface area contributed by atoms with Crippen LogP contribution in [0.1, 0.15) is 32.1 Å². The van der Waals surface area contributed by atoms with Gasteiger partial charge in [0.25, 0.3) is 0 Å². The summed E-state index contributed by atoms with van der Waals surface area (Å²) in [5, 5.41) is 2.72. The van der Waals surface area contributed by atoms with Gasteiger partial charge in [-0.2, -0.15) is 0 Å². The number of fused-ring (bicyclic) bond motifs is 1. The highest BCUT2D eigenvalue weighted by atomic mass is 16.6. The largest absolute Gasteiger partial charge is 0.449 e. The van der Waals surface area contributed by atoms with E-state index in [1.807, 2.05) is 0 Å². The lowest BCUT2D eigenvalue weighted by Gasteiger charge is -2.08. The molecule has 2 rings (SSSR count). The van der Waals surface area contributed by atoms with Crippen LogP contribution in [0.4, 0.5) is 4.79 Å². The summed E-state index contributed by atoms with van der Waals surface area (Å²) in [5.74, 6) is 1.63. The summed E-state index contributed by atoms with van der Waals surface area (Å²) in [6, 6.07) is 0. The second-order valence-corrected chi connectivity index (χ2v) is 7.81. The number of carbonyl (C=O) groups excluding carboxylic acids is 2. The SMILES string of the molecule is NC(=O)CCOCCOCCOCCOCCNC(=O)OCC1[C@H]2CC/C=C\CC[C@@H]12. The molecule has 3 N–H and O–H groups in total. The van der Waals surface area contributed by atoms with Crippen molar-refractivity contribution >= 4 is 12.0 Å². The van der Waals surface area contributed by atoms with Crippen molar-refractivity contribution in [3.05, 3.63) is 12.2 Å². The Labute approximate surface area is 184 Å². The van der Waals surface area contributed by atoms with Gasteiger partial charge >= 0.3 is 6.09 Å². The molecule has 2 aliphatic rings. The van der Waals surface area contributed by atoms with Crippen molar-refractivity contribution in [2.45, 2.75) is 32.1 Å². The minimum atomic E-state index is -0.373. The summed E-state index contributed by atoms with van der Waals surface area (Å²) in [4.78, 5) is 22.3. The van der Waals surface area contributed by atoms with Crippen LogP contribution in [0, 0.1) is 17.8 Å². The van der Waals surface area contributed by atoms with Crippen molar-refractivity contribution in [1.29, 1.82) is 0 Å². The van der Waals surface area contributed by atoms with E-state index < -0.39 is 0 Å². The first-order valence-electron chi connectivity index (χ1n) is 11.3. The molecule has 0 radical (unpaired) electrons. The lowest BCUT2D eigenvalue weighted by molar-refractivity contribution is -0.119. The molecule has 0 aromatic carbocycles. The predicted molar refractivity (Wildman–Crippen MR) is 115 cm³/mol. The Kier molecular flexibility index (Phi) is 13.2. The van der Waals surface area contributed by atoms with Gasteiger partial charge in [0.1, 0.15) is 0 Å². The quantitative estimate of drug-likeness (QED) is 0.260. The first-order chi connectivity index (χ1) is 15.2. The molecule has 178 valence electrons. The van der Waals surface area contributed by atoms with Crippen LogP contribution in [0.25, 0.3) is 0 Å². The number of hydrogen-bond acceptors (Lipinski definition) is 7. The highest BCUT2D eigenvalue weighted by Crippen LogP contribution is 2.52. The summed E-state index contributed by atoms with van der Waals surface area (Å²) >= 11 is 0. The van der Waals surface area contributed by atoms with Gasteiger partial charge in [-0.3, -0.25) is 4.79 Å². The van der Waals surface area contributed by atoms with E-state index in [9.17, 15) is 9.59 Å². The van der Waals surface area contributed by atoms with Crippen molar-refractivity contribution in [2.75, 3.05) is 66.0 Å². The lowest BCUT2D eigenvalue weighted by Crippen LogP contribution is -2.29. The average Bonchev–Trinajstić information content (AvgIpc) is 3.38. The fraction of sp³-hybridized carbons (Fsp3) is 0.818. The van der Waals surface area contributed by atoms with Crippen molar-refractivity contribution in [3.8, 4) is 0 Å². The molecule has 0 heterocycles. The van der Waals surface area contributed by atoms with Crippen molar-refractivity contribution in [2.24, 2.45) is 23.5 Å². The molecular formula is C22H38N2O7. The Morgan fingerprint density at radius 3 is 1.87 bits per heavy atom. The second-order valence-electron chi connectivity index (χ2n) is 7.81. The highest BCUT2D eigenvalue weighted by Gasteiger charge is 2.49. The fourth-order valence-electron chi connectivity index (χ4n) is 3.82. The maximum Gasteiger partial charge on any atom is 0.407 e. The number of nitrogens with two attached hydrogens (primary N) is 1. The molecule has 0 spiro atoms. The summed E-state index contributed by atoms with van der Waals surface area (Å²) < 4.78 is 26.7. The molecule has 9 nitrogen and oxygen atoms in total. The van der Waals surface area contributed by atoms with E-state index in [1.54, 1.807) is 0 Å². The number of amides is 2. The van der Waals surface area contributed by atoms with Crippen molar-refractivity contribution < 1.29 is 33.3 Å². The number of primary amides is 1. The first kappa shape index (κ1) is 25.6. The van der Waals surface area contributed by atoms with E-state index in [0.29, 0.717) is 71.9 Å². The molecule has 9 heteroatoms. The number of nitrogens with one attached hydrogen (secondary N) is 1. The van der Waals surface area contributed by atoms with Gasteiger partial charge in [-0.25, -0.2) is 4.79 Å². The molecule has 0 aliphatic heterocycles. The average molecular weight is 443 g/mol. The van der Waals surface area contributed by atoms with Gasteiger partial charge < -0.3 is 34.7 Å². The van der Waals surface area contributed by atoms with Crippen LogP contribution in [-0.4, -0.2) is 78.0 Å². The van der Waals surface area contributed by atoms with Gasteiger partial charge in [0.15, 0.2) is 0 Å². The van der Waals surface area contributed by atoms with E-state index in [0.717, 1.165) is 24.7 Å². The molecule has 3 atom stereocenters. The third kappa shape index (κ3) is 12.1. The number of hydrogen-bond donors (Lipinski definition) is 2. The number of rotatable bonds is 17. The van der Waals surface area contributed by atoms with Gasteiger partial charge in [0.2, 0.25) is 5.91 Å². The molecule has 1 fully saturated rings. The minimum absolute atomic E-state index is 0.221. The molecule has 1 saturated carbocycles. The Bertz CT molecular complexity index is 528. The standard InChI is InChI=1S/C22H38N2O7/c23-21(25)7-9-27-11-13-29-15-16-30-14-12-28-10-8-24-22(26)31-17-20-18-5-3-1-2-4-6-19(18)20/h1-2,18-20H,3-17H2,(H2,23,25)(H,24,26)/b2-1-/t18-,19+,20?. The maximum absolute atomic E-state index is 11.8. The molecule has 0 aromatic rings. The van der Waals surface area contributed by atoms with E-state index in [2.05, 4.69) is 17.5 Å². The molecule has 0 saturated heterocycles. The van der Waals surface area contributed by atoms with E-state index in [-0.39, 0.29) is 18.4 Å². The predicted octanol–water partition coefficient (Wildman–Crippen LogP) is 1.65. The summed E-state index contributed by atoms with van der Waals surface area (Å²) in [6.45, 7) is 4.38. The Morgan fingerprint density at radius 2 is 1.32 bits per heavy atom. The number of allylic oxidation sites excluding steroid dienone is 2. The van der Waals surface area contributed by atoms with Gasteiger partial charge in [-0.15, -0.1) is 0 Å². The van der Waals surface area contributed by atoms with Gasteiger partial charge in [0, 0.05) is 13.0 Å². The second kappa shape index (κ2) is 16.0. The normalized spacial score (nSPS) is 23.3. The molecule has 0 bridgehead atoms. The van der Waals surface area contributed by atoms with Crippen LogP contribution in [0.2, 0.25) is 0 Å². The Balaban J connectivity index is 1.29. The van der Waals surface area contributed by atoms with Gasteiger partial charge in [0.05, 0.1) is 59.5 Å². The smallest absolute Gasteiger partial charge is 0.407 e. The molecule has 2 aliphatic carbocycles. The highest BCUT2D eigenvalue weighted by molar-refractivity contribution is 5.73. The first-order valence-corrected chi connectivity index (χ1v) is 11.3. The number of carbonyl (C=O) groups is 2. The number of ether oxygens (including phenoxy) is 5. The van der Waals surface area contributed by atoms with Gasteiger partial charge in [-0.05, 0) is 43.4 Å². The van der Waals surface area contributed by atoms with Crippen LogP contribution in [0.5, 0.6) is 0 Å². The molecule has 31 heavy (non-hydrogen) atoms. The van der Waals surface area contributed by atoms with Crippen molar-refractivity contribution in [3.63, 3.8) is 0 Å². The zero-order valence-electron chi connectivity index (χ0n) is 18.4. The lowest BCUT2D eigenvalue weighted by atomic mass is 10.1. The van der Waals surface area contributed by atoms with Crippen molar-refractivity contribution in [1.82, 2.24) is 5.32 Å². The Hall–Kier alpha value is -1.68. The third-order valence-corrected chi connectivity index (χ3v) is 5.54. The molecule has 2 amide bonds. The monoisotopic (exact) mass is 442 g/mol. The van der Waals surface area contributed by atoms with Crippen LogP contribution >= 0.6 is 0 Å². The van der Waals surface area contributed by atoms with E-state index in [1.165, 1.54) is 12.8 Å². The topological polar surface area (TPSA) is 118 Å². The van der Waals surface area contributed by atoms with Crippen LogP contribution in [0.3, 0.4) is 0 Å². The zero-order chi connectivity index (χ0) is 22.2. The maximum atomic E-state index is 11.8. The summed E-state index contributed by atoms with van der Waals surface area (Å²) in [7, 11) is 0. The third-order valence-electron chi connectivity index (χ3n) is 5.54. The minimum Gasteiger partial charge on any atom is -0.449 e. The van der Waals surface area contributed by atoms with Crippen LogP contribution < -0.4 is 11.1 Å². The summed E-state index contributed by atoms with van der Waals surface area (Å²) in [5.41, 5.74) is 5.00. The number of alkyl carbamates (subject to hydrolysis) is 1. The summed E-state index contributed by atoms with van der Waals surface area (Å²) in [6.07, 6.45) is 9.11. The van der Waals surface area contributed by atoms with Crippen LogP contribution in [-0.2, 0) is 28.5 Å².